The lowest BCUT2D eigenvalue weighted by Crippen LogP contribution is -2.34. The number of nitrogens with zero attached hydrogens (tertiary/aromatic N) is 2. The number of fused-ring (bicyclic) bond motifs is 1. The minimum absolute atomic E-state index is 0.629. The number of benzene rings is 1. The molecule has 1 N–H and O–H groups in total. The highest BCUT2D eigenvalue weighted by Crippen LogP contribution is 2.40. The van der Waals surface area contributed by atoms with E-state index in [1.165, 1.54) is 50.9 Å². The van der Waals surface area contributed by atoms with Crippen molar-refractivity contribution in [1.82, 2.24) is 14.9 Å². The zero-order valence-corrected chi connectivity index (χ0v) is 13.1. The molecule has 2 aliphatic rings. The Kier molecular flexibility index (Phi) is 3.64. The molecular weight excluding hydrogens is 282 g/mol. The molecule has 21 heavy (non-hydrogen) atoms. The summed E-state index contributed by atoms with van der Waals surface area (Å²) in [5.41, 5.74) is 2.20. The van der Waals surface area contributed by atoms with E-state index in [9.17, 15) is 0 Å². The standard InChI is InChI=1S/C17H22ClN3/c18-14-5-3-6-15-17(14)21(13-8-9-13)16(20-15)10-7-12-4-1-2-11-19-12/h3,5-6,12-13,19H,1-2,4,7-11H2. The second-order valence-electron chi connectivity index (χ2n) is 6.42. The molecule has 1 aromatic heterocycles. The van der Waals surface area contributed by atoms with Crippen molar-refractivity contribution in [3.63, 3.8) is 0 Å². The second-order valence-corrected chi connectivity index (χ2v) is 6.83. The fourth-order valence-electron chi connectivity index (χ4n) is 3.53. The Morgan fingerprint density at radius 2 is 2.14 bits per heavy atom. The summed E-state index contributed by atoms with van der Waals surface area (Å²) in [7, 11) is 0. The van der Waals surface area contributed by atoms with Crippen molar-refractivity contribution in [3.05, 3.63) is 29.0 Å². The van der Waals surface area contributed by atoms with Gasteiger partial charge < -0.3 is 9.88 Å². The van der Waals surface area contributed by atoms with Crippen molar-refractivity contribution >= 4 is 22.6 Å². The first-order valence-electron chi connectivity index (χ1n) is 8.21. The van der Waals surface area contributed by atoms with E-state index in [4.69, 9.17) is 16.6 Å². The van der Waals surface area contributed by atoms with Crippen LogP contribution in [0.3, 0.4) is 0 Å². The van der Waals surface area contributed by atoms with Crippen LogP contribution in [0.15, 0.2) is 18.2 Å². The minimum atomic E-state index is 0.629. The Labute approximate surface area is 130 Å². The van der Waals surface area contributed by atoms with Gasteiger partial charge in [-0.1, -0.05) is 24.1 Å². The summed E-state index contributed by atoms with van der Waals surface area (Å²) in [6.45, 7) is 1.18. The smallest absolute Gasteiger partial charge is 0.110 e. The van der Waals surface area contributed by atoms with Gasteiger partial charge in [-0.3, -0.25) is 0 Å². The average Bonchev–Trinajstić information content (AvgIpc) is 3.27. The average molecular weight is 304 g/mol. The van der Waals surface area contributed by atoms with Crippen molar-refractivity contribution in [1.29, 1.82) is 0 Å². The predicted octanol–water partition coefficient (Wildman–Crippen LogP) is 4.10. The van der Waals surface area contributed by atoms with Crippen LogP contribution in [0, 0.1) is 0 Å². The van der Waals surface area contributed by atoms with Gasteiger partial charge in [0.1, 0.15) is 5.82 Å². The number of hydrogen-bond acceptors (Lipinski definition) is 2. The Morgan fingerprint density at radius 1 is 1.24 bits per heavy atom. The molecule has 1 aliphatic carbocycles. The Balaban J connectivity index is 1.61. The molecule has 1 aromatic carbocycles. The van der Waals surface area contributed by atoms with E-state index in [0.717, 1.165) is 22.5 Å². The molecule has 2 fully saturated rings. The summed E-state index contributed by atoms with van der Waals surface area (Å²) in [4.78, 5) is 4.87. The number of nitrogens with one attached hydrogen (secondary N) is 1. The fraction of sp³-hybridized carbons (Fsp3) is 0.588. The number of para-hydroxylation sites is 1. The van der Waals surface area contributed by atoms with Crippen LogP contribution in [0.5, 0.6) is 0 Å². The number of imidazole rings is 1. The van der Waals surface area contributed by atoms with Crippen molar-refractivity contribution < 1.29 is 0 Å². The van der Waals surface area contributed by atoms with Crippen LogP contribution in [-0.4, -0.2) is 22.1 Å². The lowest BCUT2D eigenvalue weighted by Gasteiger charge is -2.23. The summed E-state index contributed by atoms with van der Waals surface area (Å²) in [6, 6.07) is 7.37. The van der Waals surface area contributed by atoms with Gasteiger partial charge in [0, 0.05) is 18.5 Å². The van der Waals surface area contributed by atoms with Crippen LogP contribution < -0.4 is 5.32 Å². The second kappa shape index (κ2) is 5.62. The molecule has 2 heterocycles. The monoisotopic (exact) mass is 303 g/mol. The van der Waals surface area contributed by atoms with Gasteiger partial charge in [0.25, 0.3) is 0 Å². The quantitative estimate of drug-likeness (QED) is 0.921. The molecule has 4 rings (SSSR count). The first-order valence-corrected chi connectivity index (χ1v) is 8.59. The van der Waals surface area contributed by atoms with E-state index in [2.05, 4.69) is 16.0 Å². The topological polar surface area (TPSA) is 29.9 Å². The molecule has 1 unspecified atom stereocenters. The van der Waals surface area contributed by atoms with Crippen molar-refractivity contribution in [2.75, 3.05) is 6.54 Å². The normalized spacial score (nSPS) is 22.8. The molecule has 0 radical (unpaired) electrons. The zero-order valence-electron chi connectivity index (χ0n) is 12.3. The van der Waals surface area contributed by atoms with E-state index in [1.54, 1.807) is 0 Å². The summed E-state index contributed by atoms with van der Waals surface area (Å²) in [5, 5.41) is 4.48. The molecule has 0 amide bonds. The number of halogens is 1. The minimum Gasteiger partial charge on any atom is -0.324 e. The first-order chi connectivity index (χ1) is 10.3. The van der Waals surface area contributed by atoms with Gasteiger partial charge in [-0.2, -0.15) is 0 Å². The third-order valence-corrected chi connectivity index (χ3v) is 5.08. The van der Waals surface area contributed by atoms with Gasteiger partial charge in [-0.15, -0.1) is 0 Å². The highest BCUT2D eigenvalue weighted by atomic mass is 35.5. The molecule has 112 valence electrons. The number of aromatic nitrogens is 2. The molecule has 2 aromatic rings. The summed E-state index contributed by atoms with van der Waals surface area (Å²) in [5.74, 6) is 1.23. The Bertz CT molecular complexity index is 639. The van der Waals surface area contributed by atoms with Crippen LogP contribution in [-0.2, 0) is 6.42 Å². The maximum atomic E-state index is 6.42. The molecule has 0 spiro atoms. The number of hydrogen-bond donors (Lipinski definition) is 1. The predicted molar refractivity (Wildman–Crippen MR) is 87.0 cm³/mol. The maximum absolute atomic E-state index is 6.42. The van der Waals surface area contributed by atoms with Crippen molar-refractivity contribution in [2.24, 2.45) is 0 Å². The number of rotatable bonds is 4. The highest BCUT2D eigenvalue weighted by Gasteiger charge is 2.29. The summed E-state index contributed by atoms with van der Waals surface area (Å²) in [6.07, 6.45) is 8.78. The number of aryl methyl sites for hydroxylation is 1. The van der Waals surface area contributed by atoms with Gasteiger partial charge in [0.15, 0.2) is 0 Å². The summed E-state index contributed by atoms with van der Waals surface area (Å²) >= 11 is 6.42. The van der Waals surface area contributed by atoms with E-state index in [0.29, 0.717) is 12.1 Å². The molecule has 1 atom stereocenters. The SMILES string of the molecule is Clc1cccc2nc(CCC3CCCCN3)n(C3CC3)c12. The fourth-order valence-corrected chi connectivity index (χ4v) is 3.79. The molecule has 3 nitrogen and oxygen atoms in total. The highest BCUT2D eigenvalue weighted by molar-refractivity contribution is 6.35. The van der Waals surface area contributed by atoms with Gasteiger partial charge in [0.05, 0.1) is 16.1 Å². The van der Waals surface area contributed by atoms with E-state index < -0.39 is 0 Å². The molecule has 1 saturated carbocycles. The number of piperidine rings is 1. The van der Waals surface area contributed by atoms with Crippen molar-refractivity contribution in [3.8, 4) is 0 Å². The zero-order chi connectivity index (χ0) is 14.2. The van der Waals surface area contributed by atoms with E-state index >= 15 is 0 Å². The molecule has 1 saturated heterocycles. The Morgan fingerprint density at radius 3 is 2.90 bits per heavy atom. The van der Waals surface area contributed by atoms with Crippen LogP contribution in [0.2, 0.25) is 5.02 Å². The Hall–Kier alpha value is -1.06. The van der Waals surface area contributed by atoms with Gasteiger partial charge in [-0.05, 0) is 50.8 Å². The largest absolute Gasteiger partial charge is 0.324 e. The van der Waals surface area contributed by atoms with Crippen LogP contribution in [0.25, 0.3) is 11.0 Å². The van der Waals surface area contributed by atoms with E-state index in [-0.39, 0.29) is 0 Å². The lowest BCUT2D eigenvalue weighted by molar-refractivity contribution is 0.379. The molecular formula is C17H22ClN3. The van der Waals surface area contributed by atoms with Crippen LogP contribution in [0.4, 0.5) is 0 Å². The first kappa shape index (κ1) is 13.6. The van der Waals surface area contributed by atoms with Crippen molar-refractivity contribution in [2.45, 2.75) is 57.0 Å². The molecule has 4 heteroatoms. The molecule has 1 aliphatic heterocycles. The van der Waals surface area contributed by atoms with Gasteiger partial charge >= 0.3 is 0 Å². The van der Waals surface area contributed by atoms with E-state index in [1.807, 2.05) is 12.1 Å². The maximum Gasteiger partial charge on any atom is 0.110 e. The van der Waals surface area contributed by atoms with Crippen LogP contribution >= 0.6 is 11.6 Å². The van der Waals surface area contributed by atoms with Gasteiger partial charge in [0.2, 0.25) is 0 Å². The molecule has 0 bridgehead atoms. The van der Waals surface area contributed by atoms with Crippen LogP contribution in [0.1, 0.15) is 50.4 Å². The lowest BCUT2D eigenvalue weighted by atomic mass is 10.0. The summed E-state index contributed by atoms with van der Waals surface area (Å²) < 4.78 is 2.42. The van der Waals surface area contributed by atoms with Gasteiger partial charge in [-0.25, -0.2) is 4.98 Å². The third-order valence-electron chi connectivity index (χ3n) is 4.77. The third kappa shape index (κ3) is 2.69.